The Morgan fingerprint density at radius 2 is 1.64 bits per heavy atom. The first-order valence-electron chi connectivity index (χ1n) is 10.4. The van der Waals surface area contributed by atoms with Crippen molar-refractivity contribution in [3.63, 3.8) is 0 Å². The Kier molecular flexibility index (Phi) is 5.38. The van der Waals surface area contributed by atoms with Crippen LogP contribution in [0.5, 0.6) is 5.75 Å². The van der Waals surface area contributed by atoms with Gasteiger partial charge in [-0.2, -0.15) is 0 Å². The van der Waals surface area contributed by atoms with E-state index in [0.717, 1.165) is 56.4 Å². The molecule has 0 N–H and O–H groups in total. The maximum absolute atomic E-state index is 12.9. The molecule has 2 saturated heterocycles. The van der Waals surface area contributed by atoms with E-state index in [2.05, 4.69) is 0 Å². The molecule has 3 aliphatic rings. The highest BCUT2D eigenvalue weighted by Gasteiger charge is 2.48. The fourth-order valence-electron chi connectivity index (χ4n) is 5.04. The van der Waals surface area contributed by atoms with Crippen molar-refractivity contribution in [1.82, 2.24) is 9.80 Å². The zero-order valence-electron chi connectivity index (χ0n) is 16.4. The van der Waals surface area contributed by atoms with Gasteiger partial charge in [0.15, 0.2) is 0 Å². The lowest BCUT2D eigenvalue weighted by Crippen LogP contribution is -2.37. The number of rotatable bonds is 5. The van der Waals surface area contributed by atoms with Gasteiger partial charge in [0.25, 0.3) is 0 Å². The van der Waals surface area contributed by atoms with Crippen LogP contribution >= 0.6 is 0 Å². The summed E-state index contributed by atoms with van der Waals surface area (Å²) in [6.45, 7) is 0.942. The third-order valence-electron chi connectivity index (χ3n) is 6.56. The van der Waals surface area contributed by atoms with Crippen molar-refractivity contribution in [3.8, 4) is 5.75 Å². The molecule has 0 radical (unpaired) electrons. The number of methoxy groups -OCH3 is 1. The van der Waals surface area contributed by atoms with Crippen LogP contribution in [0.4, 0.5) is 0 Å². The Hall–Kier alpha value is -2.37. The van der Waals surface area contributed by atoms with E-state index in [1.807, 2.05) is 29.2 Å². The van der Waals surface area contributed by atoms with Crippen molar-refractivity contribution in [3.05, 3.63) is 29.8 Å². The molecule has 4 rings (SSSR count). The van der Waals surface area contributed by atoms with Crippen LogP contribution in [0.25, 0.3) is 0 Å². The van der Waals surface area contributed by atoms with Crippen LogP contribution in [0.15, 0.2) is 24.3 Å². The number of nitrogens with zero attached hydrogens (tertiary/aromatic N) is 2. The average Bonchev–Trinajstić information content (AvgIpc) is 3.31. The van der Waals surface area contributed by atoms with Crippen LogP contribution in [0.3, 0.4) is 0 Å². The second-order valence-electron chi connectivity index (χ2n) is 8.09. The maximum Gasteiger partial charge on any atom is 0.233 e. The Morgan fingerprint density at radius 1 is 1.00 bits per heavy atom. The van der Waals surface area contributed by atoms with E-state index in [9.17, 15) is 14.4 Å². The Balaban J connectivity index is 1.39. The van der Waals surface area contributed by atoms with Crippen LogP contribution < -0.4 is 4.74 Å². The first kappa shape index (κ1) is 19.0. The van der Waals surface area contributed by atoms with E-state index in [0.29, 0.717) is 0 Å². The first-order valence-corrected chi connectivity index (χ1v) is 10.4. The predicted octanol–water partition coefficient (Wildman–Crippen LogP) is 2.92. The summed E-state index contributed by atoms with van der Waals surface area (Å²) in [4.78, 5) is 41.3. The smallest absolute Gasteiger partial charge is 0.233 e. The number of imide groups is 1. The van der Waals surface area contributed by atoms with Gasteiger partial charge in [-0.25, -0.2) is 0 Å². The minimum Gasteiger partial charge on any atom is -0.497 e. The normalized spacial score (nSPS) is 27.2. The highest BCUT2D eigenvalue weighted by molar-refractivity contribution is 6.05. The molecule has 0 aromatic heterocycles. The quantitative estimate of drug-likeness (QED) is 0.732. The molecule has 150 valence electrons. The van der Waals surface area contributed by atoms with Crippen molar-refractivity contribution in [2.75, 3.05) is 20.2 Å². The number of ether oxygens (including phenoxy) is 1. The molecule has 0 spiro atoms. The zero-order valence-corrected chi connectivity index (χ0v) is 16.4. The largest absolute Gasteiger partial charge is 0.497 e. The Morgan fingerprint density at radius 3 is 2.25 bits per heavy atom. The maximum atomic E-state index is 12.9. The van der Waals surface area contributed by atoms with Crippen molar-refractivity contribution >= 4 is 17.7 Å². The number of hydrogen-bond acceptors (Lipinski definition) is 4. The summed E-state index contributed by atoms with van der Waals surface area (Å²) in [5, 5.41) is 0. The van der Waals surface area contributed by atoms with E-state index in [1.165, 1.54) is 4.90 Å². The van der Waals surface area contributed by atoms with Gasteiger partial charge in [0.2, 0.25) is 17.7 Å². The highest BCUT2D eigenvalue weighted by Crippen LogP contribution is 2.38. The molecule has 1 aromatic rings. The van der Waals surface area contributed by atoms with Gasteiger partial charge in [0.1, 0.15) is 5.75 Å². The Labute approximate surface area is 165 Å². The molecule has 1 saturated carbocycles. The van der Waals surface area contributed by atoms with E-state index in [-0.39, 0.29) is 48.6 Å². The number of amides is 3. The van der Waals surface area contributed by atoms with Gasteiger partial charge in [-0.1, -0.05) is 25.0 Å². The molecule has 6 nitrogen and oxygen atoms in total. The summed E-state index contributed by atoms with van der Waals surface area (Å²) in [6, 6.07) is 7.91. The molecule has 1 aliphatic carbocycles. The number of carbonyl (C=O) groups is 3. The van der Waals surface area contributed by atoms with Crippen molar-refractivity contribution in [2.45, 2.75) is 51.0 Å². The highest BCUT2D eigenvalue weighted by atomic mass is 16.5. The van der Waals surface area contributed by atoms with Gasteiger partial charge in [-0.15, -0.1) is 0 Å². The number of carbonyl (C=O) groups excluding carboxylic acids is 3. The van der Waals surface area contributed by atoms with Gasteiger partial charge in [-0.05, 0) is 43.4 Å². The lowest BCUT2D eigenvalue weighted by Gasteiger charge is -2.26. The molecule has 3 atom stereocenters. The monoisotopic (exact) mass is 384 g/mol. The van der Waals surface area contributed by atoms with Crippen LogP contribution in [0.2, 0.25) is 0 Å². The summed E-state index contributed by atoms with van der Waals surface area (Å²) in [5.41, 5.74) is 1.10. The van der Waals surface area contributed by atoms with E-state index >= 15 is 0 Å². The van der Waals surface area contributed by atoms with E-state index in [4.69, 9.17) is 4.74 Å². The number of benzene rings is 1. The number of likely N-dealkylation sites (tertiary alicyclic amines) is 2. The van der Waals surface area contributed by atoms with Gasteiger partial charge in [0.05, 0.1) is 25.0 Å². The second-order valence-corrected chi connectivity index (χ2v) is 8.09. The molecule has 1 aromatic carbocycles. The Bertz CT molecular complexity index is 736. The molecule has 0 bridgehead atoms. The lowest BCUT2D eigenvalue weighted by molar-refractivity contribution is -0.141. The third-order valence-corrected chi connectivity index (χ3v) is 6.56. The molecule has 2 heterocycles. The second kappa shape index (κ2) is 7.94. The first-order chi connectivity index (χ1) is 13.6. The van der Waals surface area contributed by atoms with Gasteiger partial charge >= 0.3 is 0 Å². The van der Waals surface area contributed by atoms with Gasteiger partial charge < -0.3 is 9.64 Å². The molecule has 3 fully saturated rings. The summed E-state index contributed by atoms with van der Waals surface area (Å²) in [7, 11) is 1.64. The summed E-state index contributed by atoms with van der Waals surface area (Å²) >= 11 is 0. The van der Waals surface area contributed by atoms with Gasteiger partial charge in [0, 0.05) is 19.5 Å². The van der Waals surface area contributed by atoms with Crippen LogP contribution in [-0.4, -0.2) is 47.7 Å². The lowest BCUT2D eigenvalue weighted by atomic mass is 9.81. The predicted molar refractivity (Wildman–Crippen MR) is 103 cm³/mol. The summed E-state index contributed by atoms with van der Waals surface area (Å²) in [5.74, 6) is 0.414. The van der Waals surface area contributed by atoms with Gasteiger partial charge in [-0.3, -0.25) is 19.3 Å². The topological polar surface area (TPSA) is 66.9 Å². The molecule has 28 heavy (non-hydrogen) atoms. The minimum absolute atomic E-state index is 0.0220. The summed E-state index contributed by atoms with van der Waals surface area (Å²) < 4.78 is 5.21. The SMILES string of the molecule is COc1ccc(C2CCCN2C(=O)CCN2C(=O)C3CCCCC3C2=O)cc1. The molecular formula is C22H28N2O4. The van der Waals surface area contributed by atoms with Crippen LogP contribution in [0, 0.1) is 11.8 Å². The fraction of sp³-hybridized carbons (Fsp3) is 0.591. The van der Waals surface area contributed by atoms with Crippen molar-refractivity contribution in [1.29, 1.82) is 0 Å². The standard InChI is InChI=1S/C22H28N2O4/c1-28-16-10-8-15(9-11-16)19-7-4-13-23(19)20(25)12-14-24-21(26)17-5-2-3-6-18(17)22(24)27/h8-11,17-19H,2-7,12-14H2,1H3. The molecular weight excluding hydrogens is 356 g/mol. The van der Waals surface area contributed by atoms with E-state index < -0.39 is 0 Å². The number of fused-ring (bicyclic) bond motifs is 1. The third kappa shape index (κ3) is 3.40. The molecule has 6 heteroatoms. The average molecular weight is 384 g/mol. The molecule has 2 aliphatic heterocycles. The van der Waals surface area contributed by atoms with Crippen LogP contribution in [0.1, 0.15) is 56.6 Å². The molecule has 3 amide bonds. The van der Waals surface area contributed by atoms with E-state index in [1.54, 1.807) is 7.11 Å². The minimum atomic E-state index is -0.143. The molecule has 3 unspecified atom stereocenters. The number of hydrogen-bond donors (Lipinski definition) is 0. The van der Waals surface area contributed by atoms with Crippen LogP contribution in [-0.2, 0) is 14.4 Å². The zero-order chi connectivity index (χ0) is 19.7. The fourth-order valence-corrected chi connectivity index (χ4v) is 5.04. The summed E-state index contributed by atoms with van der Waals surface area (Å²) in [6.07, 6.45) is 5.77. The van der Waals surface area contributed by atoms with Crippen molar-refractivity contribution < 1.29 is 19.1 Å². The van der Waals surface area contributed by atoms with Crippen molar-refractivity contribution in [2.24, 2.45) is 11.8 Å².